The number of ether oxygens (including phenoxy) is 2. The van der Waals surface area contributed by atoms with E-state index in [1.54, 1.807) is 29.9 Å². The minimum absolute atomic E-state index is 0.0520. The van der Waals surface area contributed by atoms with E-state index in [9.17, 15) is 18.0 Å². The molecule has 1 N–H and O–H groups in total. The molecule has 3 aromatic rings. The molecule has 0 fully saturated rings. The van der Waals surface area contributed by atoms with Crippen molar-refractivity contribution in [3.05, 3.63) is 59.8 Å². The third-order valence-electron chi connectivity index (χ3n) is 4.24. The van der Waals surface area contributed by atoms with Crippen molar-refractivity contribution in [2.75, 3.05) is 25.6 Å². The Labute approximate surface area is 159 Å². The molecule has 3 rings (SSSR count). The molecule has 28 heavy (non-hydrogen) atoms. The van der Waals surface area contributed by atoms with Crippen LogP contribution in [0.2, 0.25) is 0 Å². The lowest BCUT2D eigenvalue weighted by molar-refractivity contribution is -0.137. The maximum atomic E-state index is 13.1. The van der Waals surface area contributed by atoms with Gasteiger partial charge in [-0.15, -0.1) is 0 Å². The van der Waals surface area contributed by atoms with Crippen molar-refractivity contribution in [1.29, 1.82) is 0 Å². The van der Waals surface area contributed by atoms with E-state index in [2.05, 4.69) is 5.32 Å². The number of rotatable bonds is 6. The van der Waals surface area contributed by atoms with E-state index in [4.69, 9.17) is 9.47 Å². The van der Waals surface area contributed by atoms with Gasteiger partial charge in [0.2, 0.25) is 0 Å². The van der Waals surface area contributed by atoms with Crippen molar-refractivity contribution in [3.63, 3.8) is 0 Å². The second-order valence-corrected chi connectivity index (χ2v) is 6.17. The Morgan fingerprint density at radius 1 is 1.14 bits per heavy atom. The van der Waals surface area contributed by atoms with Crippen LogP contribution in [-0.4, -0.2) is 30.8 Å². The van der Waals surface area contributed by atoms with Crippen molar-refractivity contribution in [2.24, 2.45) is 7.05 Å². The second-order valence-electron chi connectivity index (χ2n) is 6.17. The summed E-state index contributed by atoms with van der Waals surface area (Å²) in [5, 5.41) is 3.26. The van der Waals surface area contributed by atoms with Crippen LogP contribution in [0.15, 0.2) is 48.7 Å². The Balaban J connectivity index is 1.95. The second kappa shape index (κ2) is 7.93. The Kier molecular flexibility index (Phi) is 5.60. The van der Waals surface area contributed by atoms with Crippen molar-refractivity contribution in [3.8, 4) is 5.75 Å². The lowest BCUT2D eigenvalue weighted by atomic mass is 10.1. The van der Waals surface area contributed by atoms with Gasteiger partial charge in [-0.1, -0.05) is 18.2 Å². The number of aryl methyl sites for hydroxylation is 1. The number of nitrogens with zero attached hydrogens (tertiary/aromatic N) is 1. The first-order chi connectivity index (χ1) is 13.3. The number of hydrogen-bond acceptors (Lipinski definition) is 3. The third kappa shape index (κ3) is 4.12. The number of carbonyl (C=O) groups excluding carboxylic acids is 1. The largest absolute Gasteiger partial charge is 0.489 e. The summed E-state index contributed by atoms with van der Waals surface area (Å²) >= 11 is 0. The molecule has 0 aliphatic carbocycles. The third-order valence-corrected chi connectivity index (χ3v) is 4.24. The van der Waals surface area contributed by atoms with E-state index < -0.39 is 17.6 Å². The number of benzene rings is 2. The fourth-order valence-electron chi connectivity index (χ4n) is 2.88. The highest BCUT2D eigenvalue weighted by Gasteiger charge is 2.31. The summed E-state index contributed by atoms with van der Waals surface area (Å²) in [5.74, 6) is -0.383. The van der Waals surface area contributed by atoms with Gasteiger partial charge in [0, 0.05) is 31.3 Å². The van der Waals surface area contributed by atoms with E-state index in [-0.39, 0.29) is 24.7 Å². The number of amides is 1. The number of nitrogens with one attached hydrogen (secondary N) is 1. The molecule has 0 spiro atoms. The highest BCUT2D eigenvalue weighted by molar-refractivity contribution is 6.13. The van der Waals surface area contributed by atoms with Gasteiger partial charge in [0.15, 0.2) is 0 Å². The number of aromatic nitrogens is 1. The van der Waals surface area contributed by atoms with Crippen LogP contribution in [-0.2, 0) is 18.0 Å². The lowest BCUT2D eigenvalue weighted by Crippen LogP contribution is -2.15. The topological polar surface area (TPSA) is 52.5 Å². The molecular weight excluding hydrogens is 373 g/mol. The number of hydrogen-bond donors (Lipinski definition) is 1. The summed E-state index contributed by atoms with van der Waals surface area (Å²) < 4.78 is 51.4. The molecule has 0 unspecified atom stereocenters. The van der Waals surface area contributed by atoms with Gasteiger partial charge < -0.3 is 19.4 Å². The van der Waals surface area contributed by atoms with Crippen molar-refractivity contribution < 1.29 is 27.4 Å². The molecule has 1 aromatic heterocycles. The molecular formula is C20H19F3N2O3. The number of anilines is 1. The lowest BCUT2D eigenvalue weighted by Gasteiger charge is -2.15. The SMILES string of the molecule is COCCOc1ccc(C(F)(F)F)cc1NC(=O)c1cn(C)c2ccccc12. The number of halogens is 3. The summed E-state index contributed by atoms with van der Waals surface area (Å²) in [4.78, 5) is 12.8. The molecule has 0 aliphatic rings. The molecule has 1 amide bonds. The van der Waals surface area contributed by atoms with Gasteiger partial charge >= 0.3 is 6.18 Å². The fourth-order valence-corrected chi connectivity index (χ4v) is 2.88. The van der Waals surface area contributed by atoms with E-state index in [1.807, 2.05) is 12.1 Å². The van der Waals surface area contributed by atoms with Gasteiger partial charge in [-0.05, 0) is 24.3 Å². The highest BCUT2D eigenvalue weighted by Crippen LogP contribution is 2.35. The van der Waals surface area contributed by atoms with Crippen LogP contribution < -0.4 is 10.1 Å². The minimum Gasteiger partial charge on any atom is -0.489 e. The Morgan fingerprint density at radius 3 is 2.61 bits per heavy atom. The first kappa shape index (κ1) is 19.8. The fraction of sp³-hybridized carbons (Fsp3) is 0.250. The zero-order chi connectivity index (χ0) is 20.3. The maximum absolute atomic E-state index is 13.1. The number of alkyl halides is 3. The average molecular weight is 392 g/mol. The van der Waals surface area contributed by atoms with Crippen LogP contribution in [0.5, 0.6) is 5.75 Å². The van der Waals surface area contributed by atoms with Crippen LogP contribution in [0.25, 0.3) is 10.9 Å². The minimum atomic E-state index is -4.54. The molecule has 0 bridgehead atoms. The van der Waals surface area contributed by atoms with Crippen molar-refractivity contribution in [1.82, 2.24) is 4.57 Å². The summed E-state index contributed by atoms with van der Waals surface area (Å²) in [6.45, 7) is 0.400. The maximum Gasteiger partial charge on any atom is 0.416 e. The molecule has 0 aliphatic heterocycles. The molecule has 0 radical (unpaired) electrons. The summed E-state index contributed by atoms with van der Waals surface area (Å²) in [7, 11) is 3.28. The van der Waals surface area contributed by atoms with E-state index in [0.29, 0.717) is 10.9 Å². The monoisotopic (exact) mass is 392 g/mol. The van der Waals surface area contributed by atoms with Gasteiger partial charge in [0.1, 0.15) is 12.4 Å². The summed E-state index contributed by atoms with van der Waals surface area (Å²) in [6, 6.07) is 10.3. The average Bonchev–Trinajstić information content (AvgIpc) is 2.99. The zero-order valence-corrected chi connectivity index (χ0v) is 15.3. The Morgan fingerprint density at radius 2 is 1.89 bits per heavy atom. The van der Waals surface area contributed by atoms with Gasteiger partial charge in [-0.2, -0.15) is 13.2 Å². The quantitative estimate of drug-likeness (QED) is 0.630. The van der Waals surface area contributed by atoms with E-state index in [1.165, 1.54) is 13.2 Å². The number of methoxy groups -OCH3 is 1. The van der Waals surface area contributed by atoms with Crippen LogP contribution in [0.4, 0.5) is 18.9 Å². The number of fused-ring (bicyclic) bond motifs is 1. The number of para-hydroxylation sites is 1. The molecule has 5 nitrogen and oxygen atoms in total. The Hall–Kier alpha value is -3.00. The summed E-state index contributed by atoms with van der Waals surface area (Å²) in [6.07, 6.45) is -2.90. The molecule has 2 aromatic carbocycles. The molecule has 8 heteroatoms. The van der Waals surface area contributed by atoms with Crippen molar-refractivity contribution in [2.45, 2.75) is 6.18 Å². The van der Waals surface area contributed by atoms with Gasteiger partial charge in [-0.3, -0.25) is 4.79 Å². The highest BCUT2D eigenvalue weighted by atomic mass is 19.4. The van der Waals surface area contributed by atoms with Crippen LogP contribution in [0.3, 0.4) is 0 Å². The van der Waals surface area contributed by atoms with Gasteiger partial charge in [0.05, 0.1) is 23.4 Å². The first-order valence-corrected chi connectivity index (χ1v) is 8.49. The molecule has 0 atom stereocenters. The van der Waals surface area contributed by atoms with Crippen LogP contribution in [0.1, 0.15) is 15.9 Å². The zero-order valence-electron chi connectivity index (χ0n) is 15.3. The van der Waals surface area contributed by atoms with E-state index >= 15 is 0 Å². The number of carbonyl (C=O) groups is 1. The standard InChI is InChI=1S/C20H19F3N2O3/c1-25-12-15(14-5-3-4-6-17(14)25)19(26)24-16-11-13(20(21,22)23)7-8-18(16)28-10-9-27-2/h3-8,11-12H,9-10H2,1-2H3,(H,24,26). The Bertz CT molecular complexity index is 996. The predicted molar refractivity (Wildman–Crippen MR) is 99.7 cm³/mol. The molecule has 148 valence electrons. The van der Waals surface area contributed by atoms with Crippen molar-refractivity contribution >= 4 is 22.5 Å². The normalized spacial score (nSPS) is 11.6. The summed E-state index contributed by atoms with van der Waals surface area (Å²) in [5.41, 5.74) is 0.273. The molecule has 0 saturated carbocycles. The van der Waals surface area contributed by atoms with Gasteiger partial charge in [-0.25, -0.2) is 0 Å². The first-order valence-electron chi connectivity index (χ1n) is 8.49. The molecule has 0 saturated heterocycles. The predicted octanol–water partition coefficient (Wildman–Crippen LogP) is 4.47. The molecule has 1 heterocycles. The smallest absolute Gasteiger partial charge is 0.416 e. The van der Waals surface area contributed by atoms with Crippen LogP contribution >= 0.6 is 0 Å². The van der Waals surface area contributed by atoms with Crippen LogP contribution in [0, 0.1) is 0 Å². The van der Waals surface area contributed by atoms with E-state index in [0.717, 1.165) is 17.6 Å². The van der Waals surface area contributed by atoms with Gasteiger partial charge in [0.25, 0.3) is 5.91 Å².